The maximum Gasteiger partial charge on any atom is 0.314 e. The van der Waals surface area contributed by atoms with Crippen LogP contribution < -0.4 is 0 Å². The Morgan fingerprint density at radius 3 is 2.40 bits per heavy atom. The minimum atomic E-state index is -0.0869. The molecule has 0 radical (unpaired) electrons. The Bertz CT molecular complexity index is 187. The van der Waals surface area contributed by atoms with E-state index in [0.29, 0.717) is 0 Å². The fourth-order valence-electron chi connectivity index (χ4n) is 0.931. The van der Waals surface area contributed by atoms with E-state index in [0.717, 1.165) is 17.8 Å². The zero-order valence-electron chi connectivity index (χ0n) is 6.60. The Balaban J connectivity index is 2.76. The van der Waals surface area contributed by atoms with Crippen molar-refractivity contribution in [2.24, 2.45) is 5.92 Å². The number of ether oxygens (including phenoxy) is 1. The van der Waals surface area contributed by atoms with Crippen molar-refractivity contribution < 1.29 is 9.53 Å². The molecule has 0 N–H and O–H groups in total. The van der Waals surface area contributed by atoms with Gasteiger partial charge in [-0.3, -0.25) is 4.79 Å². The zero-order valence-corrected chi connectivity index (χ0v) is 6.60. The molecule has 2 nitrogen and oxygen atoms in total. The lowest BCUT2D eigenvalue weighted by Gasteiger charge is -1.95. The predicted octanol–water partition coefficient (Wildman–Crippen LogP) is 1.86. The van der Waals surface area contributed by atoms with E-state index < -0.39 is 0 Å². The molecule has 1 fully saturated rings. The monoisotopic (exact) mass is 140 g/mol. The lowest BCUT2D eigenvalue weighted by Crippen LogP contribution is -2.00. The van der Waals surface area contributed by atoms with Gasteiger partial charge >= 0.3 is 5.97 Å². The topological polar surface area (TPSA) is 26.3 Å². The van der Waals surface area contributed by atoms with Crippen LogP contribution in [-0.4, -0.2) is 5.97 Å². The molecule has 1 saturated heterocycles. The maximum atomic E-state index is 10.8. The molecule has 0 spiro atoms. The summed E-state index contributed by atoms with van der Waals surface area (Å²) >= 11 is 0. The minimum Gasteiger partial charge on any atom is -0.431 e. The van der Waals surface area contributed by atoms with Crippen LogP contribution in [0.4, 0.5) is 0 Å². The van der Waals surface area contributed by atoms with E-state index in [2.05, 4.69) is 0 Å². The molecule has 2 heteroatoms. The van der Waals surface area contributed by atoms with E-state index in [1.54, 1.807) is 0 Å². The van der Waals surface area contributed by atoms with Crippen LogP contribution in [0.25, 0.3) is 0 Å². The fraction of sp³-hybridized carbons (Fsp3) is 0.625. The van der Waals surface area contributed by atoms with Crippen molar-refractivity contribution in [1.29, 1.82) is 0 Å². The van der Waals surface area contributed by atoms with Crippen LogP contribution in [0.15, 0.2) is 11.3 Å². The molecular weight excluding hydrogens is 128 g/mol. The molecule has 0 aromatic carbocycles. The van der Waals surface area contributed by atoms with Crippen molar-refractivity contribution in [3.63, 3.8) is 0 Å². The summed E-state index contributed by atoms with van der Waals surface area (Å²) in [6.07, 6.45) is 0.779. The highest BCUT2D eigenvalue weighted by molar-refractivity contribution is 5.76. The molecule has 1 aliphatic rings. The molecule has 1 rings (SSSR count). The van der Waals surface area contributed by atoms with Crippen molar-refractivity contribution in [3.05, 3.63) is 11.3 Å². The van der Waals surface area contributed by atoms with Crippen LogP contribution >= 0.6 is 0 Å². The molecule has 0 aromatic heterocycles. The Morgan fingerprint density at radius 2 is 2.20 bits per heavy atom. The summed E-state index contributed by atoms with van der Waals surface area (Å²) < 4.78 is 4.98. The zero-order chi connectivity index (χ0) is 7.72. The van der Waals surface area contributed by atoms with Crippen LogP contribution in [0.2, 0.25) is 0 Å². The van der Waals surface area contributed by atoms with Gasteiger partial charge in [0.2, 0.25) is 0 Å². The quantitative estimate of drug-likeness (QED) is 0.480. The first-order valence-electron chi connectivity index (χ1n) is 3.49. The number of cyclic esters (lactones) is 1. The molecule has 0 aliphatic carbocycles. The van der Waals surface area contributed by atoms with Crippen LogP contribution in [0.1, 0.15) is 27.2 Å². The van der Waals surface area contributed by atoms with Crippen LogP contribution in [-0.2, 0) is 9.53 Å². The van der Waals surface area contributed by atoms with Gasteiger partial charge in [-0.25, -0.2) is 0 Å². The van der Waals surface area contributed by atoms with E-state index >= 15 is 0 Å². The highest BCUT2D eigenvalue weighted by atomic mass is 16.5. The Morgan fingerprint density at radius 1 is 1.60 bits per heavy atom. The van der Waals surface area contributed by atoms with E-state index in [4.69, 9.17) is 4.74 Å². The van der Waals surface area contributed by atoms with Crippen LogP contribution in [0.5, 0.6) is 0 Å². The molecule has 10 heavy (non-hydrogen) atoms. The molecule has 1 atom stereocenters. The summed E-state index contributed by atoms with van der Waals surface area (Å²) in [7, 11) is 0. The van der Waals surface area contributed by atoms with Crippen molar-refractivity contribution >= 4 is 5.97 Å². The molecule has 56 valence electrons. The van der Waals surface area contributed by atoms with Gasteiger partial charge in [-0.2, -0.15) is 0 Å². The Hall–Kier alpha value is -0.790. The third kappa shape index (κ3) is 1.20. The van der Waals surface area contributed by atoms with Gasteiger partial charge in [-0.05, 0) is 19.4 Å². The van der Waals surface area contributed by atoms with E-state index in [-0.39, 0.29) is 11.9 Å². The number of allylic oxidation sites excluding steroid dienone is 2. The molecular formula is C8H12O2. The van der Waals surface area contributed by atoms with Gasteiger partial charge in [0.25, 0.3) is 0 Å². The molecule has 0 bridgehead atoms. The fourth-order valence-corrected chi connectivity index (χ4v) is 0.931. The largest absolute Gasteiger partial charge is 0.431 e. The summed E-state index contributed by atoms with van der Waals surface area (Å²) in [5, 5.41) is 0. The second-order valence-electron chi connectivity index (χ2n) is 2.95. The summed E-state index contributed by atoms with van der Waals surface area (Å²) in [6, 6.07) is 0. The molecule has 1 aliphatic heterocycles. The van der Waals surface area contributed by atoms with Crippen molar-refractivity contribution in [2.45, 2.75) is 27.2 Å². The van der Waals surface area contributed by atoms with Gasteiger partial charge in [-0.1, -0.05) is 6.92 Å². The Kier molecular flexibility index (Phi) is 1.79. The van der Waals surface area contributed by atoms with Crippen LogP contribution in [0.3, 0.4) is 0 Å². The van der Waals surface area contributed by atoms with Crippen molar-refractivity contribution in [2.75, 3.05) is 0 Å². The number of carbonyl (C=O) groups excluding carboxylic acids is 1. The molecule has 0 aromatic rings. The number of rotatable bonds is 0. The number of carbonyl (C=O) groups is 1. The second-order valence-corrected chi connectivity index (χ2v) is 2.95. The van der Waals surface area contributed by atoms with Gasteiger partial charge in [-0.15, -0.1) is 0 Å². The van der Waals surface area contributed by atoms with E-state index in [1.165, 1.54) is 0 Å². The summed E-state index contributed by atoms with van der Waals surface area (Å²) in [6.45, 7) is 5.81. The van der Waals surface area contributed by atoms with Gasteiger partial charge in [0.15, 0.2) is 0 Å². The van der Waals surface area contributed by atoms with Gasteiger partial charge in [0.05, 0.1) is 5.92 Å². The number of hydrogen-bond acceptors (Lipinski definition) is 2. The SMILES string of the molecule is CC(C)=C1CC(C)C(=O)O1. The van der Waals surface area contributed by atoms with Crippen molar-refractivity contribution in [3.8, 4) is 0 Å². The number of esters is 1. The van der Waals surface area contributed by atoms with Gasteiger partial charge < -0.3 is 4.74 Å². The average Bonchev–Trinajstić information content (AvgIpc) is 2.13. The van der Waals surface area contributed by atoms with Crippen molar-refractivity contribution in [1.82, 2.24) is 0 Å². The summed E-state index contributed by atoms with van der Waals surface area (Å²) in [5.74, 6) is 0.832. The van der Waals surface area contributed by atoms with Gasteiger partial charge in [0.1, 0.15) is 5.76 Å². The molecule has 1 heterocycles. The predicted molar refractivity (Wildman–Crippen MR) is 38.2 cm³/mol. The standard InChI is InChI=1S/C8H12O2/c1-5(2)7-4-6(3)8(9)10-7/h6H,4H2,1-3H3. The maximum absolute atomic E-state index is 10.8. The third-order valence-electron chi connectivity index (χ3n) is 1.68. The minimum absolute atomic E-state index is 0.0601. The highest BCUT2D eigenvalue weighted by Gasteiger charge is 2.26. The molecule has 0 amide bonds. The normalized spacial score (nSPS) is 24.9. The van der Waals surface area contributed by atoms with Crippen LogP contribution in [0, 0.1) is 5.92 Å². The first-order valence-corrected chi connectivity index (χ1v) is 3.49. The molecule has 1 unspecified atom stereocenters. The van der Waals surface area contributed by atoms with E-state index in [1.807, 2.05) is 20.8 Å². The molecule has 0 saturated carbocycles. The lowest BCUT2D eigenvalue weighted by atomic mass is 10.1. The first-order chi connectivity index (χ1) is 4.61. The first kappa shape index (κ1) is 7.32. The second kappa shape index (κ2) is 2.45. The third-order valence-corrected chi connectivity index (χ3v) is 1.68. The summed E-state index contributed by atoms with van der Waals surface area (Å²) in [4.78, 5) is 10.8. The highest BCUT2D eigenvalue weighted by Crippen LogP contribution is 2.25. The van der Waals surface area contributed by atoms with E-state index in [9.17, 15) is 4.79 Å². The number of hydrogen-bond donors (Lipinski definition) is 0. The Labute approximate surface area is 60.9 Å². The average molecular weight is 140 g/mol. The van der Waals surface area contributed by atoms with Gasteiger partial charge in [0, 0.05) is 6.42 Å². The smallest absolute Gasteiger partial charge is 0.314 e. The summed E-state index contributed by atoms with van der Waals surface area (Å²) in [5.41, 5.74) is 1.11. The lowest BCUT2D eigenvalue weighted by molar-refractivity contribution is -0.138.